The van der Waals surface area contributed by atoms with Gasteiger partial charge in [-0.05, 0) is 13.0 Å². The van der Waals surface area contributed by atoms with Gasteiger partial charge in [0.05, 0.1) is 11.7 Å². The summed E-state index contributed by atoms with van der Waals surface area (Å²) in [4.78, 5) is 12.4. The standard InChI is InChI=1S/C11H16N6/c1-2-17-6-5-14-11(17)7-10(16-12)9-3-4-13-8-15-9/h3-6,8,10,16H,2,7,12H2,1H3. The summed E-state index contributed by atoms with van der Waals surface area (Å²) < 4.78 is 2.09. The third-order valence-corrected chi connectivity index (χ3v) is 2.69. The van der Waals surface area contributed by atoms with Gasteiger partial charge in [0.15, 0.2) is 0 Å². The third kappa shape index (κ3) is 2.66. The molecule has 6 nitrogen and oxygen atoms in total. The predicted octanol–water partition coefficient (Wildman–Crippen LogP) is 0.440. The monoisotopic (exact) mass is 232 g/mol. The van der Waals surface area contributed by atoms with Crippen LogP contribution in [0.25, 0.3) is 0 Å². The molecule has 0 amide bonds. The molecule has 2 rings (SSSR count). The van der Waals surface area contributed by atoms with Gasteiger partial charge in [0, 0.05) is 31.6 Å². The van der Waals surface area contributed by atoms with Crippen molar-refractivity contribution < 1.29 is 0 Å². The van der Waals surface area contributed by atoms with Crippen molar-refractivity contribution >= 4 is 0 Å². The van der Waals surface area contributed by atoms with Gasteiger partial charge >= 0.3 is 0 Å². The molecule has 1 unspecified atom stereocenters. The van der Waals surface area contributed by atoms with Crippen LogP contribution in [0.5, 0.6) is 0 Å². The zero-order valence-electron chi connectivity index (χ0n) is 9.74. The SMILES string of the molecule is CCn1ccnc1CC(NN)c1ccncn1. The van der Waals surface area contributed by atoms with Crippen molar-refractivity contribution in [2.75, 3.05) is 0 Å². The van der Waals surface area contributed by atoms with Crippen molar-refractivity contribution in [3.05, 3.63) is 42.5 Å². The highest BCUT2D eigenvalue weighted by Crippen LogP contribution is 2.13. The van der Waals surface area contributed by atoms with Crippen LogP contribution >= 0.6 is 0 Å². The normalized spacial score (nSPS) is 12.6. The van der Waals surface area contributed by atoms with Crippen LogP contribution in [0.4, 0.5) is 0 Å². The molecule has 0 radical (unpaired) electrons. The summed E-state index contributed by atoms with van der Waals surface area (Å²) in [6, 6.07) is 1.80. The molecule has 2 heterocycles. The highest BCUT2D eigenvalue weighted by Gasteiger charge is 2.14. The van der Waals surface area contributed by atoms with E-state index in [1.165, 1.54) is 6.33 Å². The van der Waals surface area contributed by atoms with Crippen molar-refractivity contribution in [2.24, 2.45) is 5.84 Å². The molecule has 0 saturated heterocycles. The molecular weight excluding hydrogens is 216 g/mol. The van der Waals surface area contributed by atoms with E-state index in [2.05, 4.69) is 31.9 Å². The van der Waals surface area contributed by atoms with Gasteiger partial charge in [-0.15, -0.1) is 0 Å². The van der Waals surface area contributed by atoms with Gasteiger partial charge in [0.25, 0.3) is 0 Å². The Hall–Kier alpha value is -1.79. The number of hydrogen-bond acceptors (Lipinski definition) is 5. The predicted molar refractivity (Wildman–Crippen MR) is 63.7 cm³/mol. The molecule has 0 spiro atoms. The van der Waals surface area contributed by atoms with E-state index in [-0.39, 0.29) is 6.04 Å². The molecule has 2 aromatic heterocycles. The summed E-state index contributed by atoms with van der Waals surface area (Å²) in [5.74, 6) is 6.56. The van der Waals surface area contributed by atoms with E-state index in [4.69, 9.17) is 5.84 Å². The second-order valence-corrected chi connectivity index (χ2v) is 3.69. The molecule has 0 aliphatic rings. The highest BCUT2D eigenvalue weighted by atomic mass is 15.2. The Balaban J connectivity index is 2.16. The number of nitrogens with two attached hydrogens (primary N) is 1. The van der Waals surface area contributed by atoms with Gasteiger partial charge in [-0.3, -0.25) is 11.3 Å². The number of aromatic nitrogens is 4. The number of imidazole rings is 1. The van der Waals surface area contributed by atoms with Crippen molar-refractivity contribution in [1.29, 1.82) is 0 Å². The van der Waals surface area contributed by atoms with Crippen LogP contribution in [0.15, 0.2) is 31.0 Å². The number of aryl methyl sites for hydroxylation is 1. The van der Waals surface area contributed by atoms with Crippen LogP contribution in [0, 0.1) is 0 Å². The molecule has 0 saturated carbocycles. The van der Waals surface area contributed by atoms with E-state index in [0.29, 0.717) is 6.42 Å². The minimum absolute atomic E-state index is 0.0503. The first-order valence-corrected chi connectivity index (χ1v) is 5.57. The van der Waals surface area contributed by atoms with Crippen LogP contribution < -0.4 is 11.3 Å². The third-order valence-electron chi connectivity index (χ3n) is 2.69. The molecular formula is C11H16N6. The Labute approximate surface area is 99.9 Å². The lowest BCUT2D eigenvalue weighted by Gasteiger charge is -2.15. The summed E-state index contributed by atoms with van der Waals surface area (Å²) in [7, 11) is 0. The molecule has 0 bridgehead atoms. The number of hydrazine groups is 1. The van der Waals surface area contributed by atoms with E-state index in [1.54, 1.807) is 12.4 Å². The average molecular weight is 232 g/mol. The number of nitrogens with zero attached hydrogens (tertiary/aromatic N) is 4. The van der Waals surface area contributed by atoms with Gasteiger partial charge in [-0.2, -0.15) is 0 Å². The minimum Gasteiger partial charge on any atom is -0.335 e. The van der Waals surface area contributed by atoms with Crippen LogP contribution in [-0.4, -0.2) is 19.5 Å². The Kier molecular flexibility index (Phi) is 3.79. The molecule has 0 fully saturated rings. The quantitative estimate of drug-likeness (QED) is 0.577. The Bertz CT molecular complexity index is 452. The largest absolute Gasteiger partial charge is 0.335 e. The summed E-state index contributed by atoms with van der Waals surface area (Å²) in [6.07, 6.45) is 7.69. The van der Waals surface area contributed by atoms with Crippen molar-refractivity contribution in [3.63, 3.8) is 0 Å². The Morgan fingerprint density at radius 1 is 1.41 bits per heavy atom. The van der Waals surface area contributed by atoms with Gasteiger partial charge in [0.2, 0.25) is 0 Å². The molecule has 90 valence electrons. The summed E-state index contributed by atoms with van der Waals surface area (Å²) in [6.45, 7) is 2.98. The molecule has 0 aromatic carbocycles. The van der Waals surface area contributed by atoms with Crippen LogP contribution in [0.1, 0.15) is 24.5 Å². The molecule has 0 aliphatic carbocycles. The molecule has 1 atom stereocenters. The van der Waals surface area contributed by atoms with E-state index in [1.807, 2.05) is 12.3 Å². The first-order chi connectivity index (χ1) is 8.35. The first kappa shape index (κ1) is 11.7. The highest BCUT2D eigenvalue weighted by molar-refractivity contribution is 5.08. The fraction of sp³-hybridized carbons (Fsp3) is 0.364. The van der Waals surface area contributed by atoms with Crippen LogP contribution in [-0.2, 0) is 13.0 Å². The second-order valence-electron chi connectivity index (χ2n) is 3.69. The van der Waals surface area contributed by atoms with Crippen LogP contribution in [0.3, 0.4) is 0 Å². The number of rotatable bonds is 5. The maximum atomic E-state index is 5.57. The summed E-state index contributed by atoms with van der Waals surface area (Å²) >= 11 is 0. The fourth-order valence-corrected chi connectivity index (χ4v) is 1.76. The molecule has 6 heteroatoms. The van der Waals surface area contributed by atoms with Gasteiger partial charge in [0.1, 0.15) is 12.2 Å². The zero-order valence-corrected chi connectivity index (χ0v) is 9.74. The Morgan fingerprint density at radius 3 is 2.94 bits per heavy atom. The smallest absolute Gasteiger partial charge is 0.115 e. The minimum atomic E-state index is -0.0503. The summed E-state index contributed by atoms with van der Waals surface area (Å²) in [5, 5.41) is 0. The lowest BCUT2D eigenvalue weighted by molar-refractivity contribution is 0.511. The number of hydrogen-bond donors (Lipinski definition) is 2. The second kappa shape index (κ2) is 5.51. The zero-order chi connectivity index (χ0) is 12.1. The van der Waals surface area contributed by atoms with Crippen molar-refractivity contribution in [2.45, 2.75) is 25.9 Å². The van der Waals surface area contributed by atoms with Crippen molar-refractivity contribution in [1.82, 2.24) is 24.9 Å². The topological polar surface area (TPSA) is 81.7 Å². The maximum absolute atomic E-state index is 5.57. The fourth-order valence-electron chi connectivity index (χ4n) is 1.76. The molecule has 17 heavy (non-hydrogen) atoms. The molecule has 0 aliphatic heterocycles. The van der Waals surface area contributed by atoms with Crippen LogP contribution in [0.2, 0.25) is 0 Å². The first-order valence-electron chi connectivity index (χ1n) is 5.57. The number of nitrogens with one attached hydrogen (secondary N) is 1. The van der Waals surface area contributed by atoms with E-state index < -0.39 is 0 Å². The summed E-state index contributed by atoms with van der Waals surface area (Å²) in [5.41, 5.74) is 3.63. The van der Waals surface area contributed by atoms with Gasteiger partial charge in [-0.25, -0.2) is 15.0 Å². The average Bonchev–Trinajstić information content (AvgIpc) is 2.84. The van der Waals surface area contributed by atoms with E-state index in [9.17, 15) is 0 Å². The Morgan fingerprint density at radius 2 is 2.29 bits per heavy atom. The maximum Gasteiger partial charge on any atom is 0.115 e. The van der Waals surface area contributed by atoms with Gasteiger partial charge in [-0.1, -0.05) is 0 Å². The lowest BCUT2D eigenvalue weighted by atomic mass is 10.1. The van der Waals surface area contributed by atoms with E-state index in [0.717, 1.165) is 18.1 Å². The van der Waals surface area contributed by atoms with E-state index >= 15 is 0 Å². The molecule has 3 N–H and O–H groups in total. The van der Waals surface area contributed by atoms with Crippen molar-refractivity contribution in [3.8, 4) is 0 Å². The lowest BCUT2D eigenvalue weighted by Crippen LogP contribution is -2.31. The van der Waals surface area contributed by atoms with Gasteiger partial charge < -0.3 is 4.57 Å². The molecule has 2 aromatic rings.